The summed E-state index contributed by atoms with van der Waals surface area (Å²) in [5.41, 5.74) is 3.21. The highest BCUT2D eigenvalue weighted by Gasteiger charge is 2.16. The molecule has 5 nitrogen and oxygen atoms in total. The normalized spacial score (nSPS) is 15.2. The zero-order valence-corrected chi connectivity index (χ0v) is 17.0. The van der Waals surface area contributed by atoms with Gasteiger partial charge in [0.15, 0.2) is 0 Å². The van der Waals surface area contributed by atoms with Gasteiger partial charge in [-0.2, -0.15) is 0 Å². The molecule has 2 aromatic rings. The molecule has 1 fully saturated rings. The molecule has 0 saturated carbocycles. The Morgan fingerprint density at radius 3 is 2.43 bits per heavy atom. The van der Waals surface area contributed by atoms with Crippen LogP contribution >= 0.6 is 0 Å². The summed E-state index contributed by atoms with van der Waals surface area (Å²) in [6, 6.07) is 18.3. The van der Waals surface area contributed by atoms with Crippen LogP contribution in [0, 0.1) is 5.92 Å². The number of rotatable bonds is 7. The van der Waals surface area contributed by atoms with Gasteiger partial charge in [0.05, 0.1) is 0 Å². The topological polar surface area (TPSA) is 47.6 Å². The maximum Gasteiger partial charge on any atom is 0.319 e. The summed E-state index contributed by atoms with van der Waals surface area (Å²) in [5, 5.41) is 5.91. The summed E-state index contributed by atoms with van der Waals surface area (Å²) in [5.74, 6) is 0.732. The molecule has 0 unspecified atom stereocenters. The molecule has 1 saturated heterocycles. The number of hydrogen-bond acceptors (Lipinski definition) is 3. The second-order valence-electron chi connectivity index (χ2n) is 7.80. The molecule has 28 heavy (non-hydrogen) atoms. The van der Waals surface area contributed by atoms with Crippen molar-refractivity contribution in [2.24, 2.45) is 5.92 Å². The number of anilines is 2. The number of nitrogens with one attached hydrogen (secondary N) is 2. The van der Waals surface area contributed by atoms with Gasteiger partial charge in [0.2, 0.25) is 0 Å². The van der Waals surface area contributed by atoms with Gasteiger partial charge in [-0.1, -0.05) is 30.3 Å². The Morgan fingerprint density at radius 1 is 1.07 bits per heavy atom. The minimum atomic E-state index is -0.127. The first-order valence-corrected chi connectivity index (χ1v) is 10.2. The summed E-state index contributed by atoms with van der Waals surface area (Å²) in [4.78, 5) is 16.7. The molecule has 0 radical (unpaired) electrons. The third kappa shape index (κ3) is 6.27. The predicted molar refractivity (Wildman–Crippen MR) is 117 cm³/mol. The number of hydrogen-bond donors (Lipinski definition) is 2. The van der Waals surface area contributed by atoms with Crippen molar-refractivity contribution in [1.82, 2.24) is 10.2 Å². The average molecular weight is 381 g/mol. The summed E-state index contributed by atoms with van der Waals surface area (Å²) < 4.78 is 0. The lowest BCUT2D eigenvalue weighted by molar-refractivity contribution is 0.211. The standard InChI is InChI=1S/C23H32N4O/c1-26-16-13-19(14-17-26)12-15-24-23(28)25-21-8-10-22(11-9-21)27(2)18-20-6-4-3-5-7-20/h3-11,19H,12-18H2,1-2H3,(H2,24,25,28). The first-order chi connectivity index (χ1) is 13.6. The van der Waals surface area contributed by atoms with E-state index in [0.29, 0.717) is 0 Å². The lowest BCUT2D eigenvalue weighted by atomic mass is 9.94. The molecule has 0 spiro atoms. The molecule has 1 aliphatic rings. The minimum Gasteiger partial charge on any atom is -0.370 e. The van der Waals surface area contributed by atoms with Crippen molar-refractivity contribution in [3.05, 3.63) is 60.2 Å². The summed E-state index contributed by atoms with van der Waals surface area (Å²) >= 11 is 0. The van der Waals surface area contributed by atoms with E-state index in [2.05, 4.69) is 58.8 Å². The zero-order chi connectivity index (χ0) is 19.8. The molecular weight excluding hydrogens is 348 g/mol. The number of urea groups is 1. The van der Waals surface area contributed by atoms with Crippen molar-refractivity contribution >= 4 is 17.4 Å². The van der Waals surface area contributed by atoms with Crippen molar-refractivity contribution in [1.29, 1.82) is 0 Å². The number of amides is 2. The molecular formula is C23H32N4O. The lowest BCUT2D eigenvalue weighted by Gasteiger charge is -2.28. The van der Waals surface area contributed by atoms with Crippen molar-refractivity contribution in [2.75, 3.05) is 43.9 Å². The predicted octanol–water partition coefficient (Wildman–Crippen LogP) is 4.18. The van der Waals surface area contributed by atoms with Gasteiger partial charge in [0.1, 0.15) is 0 Å². The van der Waals surface area contributed by atoms with Gasteiger partial charge in [0.25, 0.3) is 0 Å². The monoisotopic (exact) mass is 380 g/mol. The molecule has 1 heterocycles. The minimum absolute atomic E-state index is 0.127. The smallest absolute Gasteiger partial charge is 0.319 e. The molecule has 3 rings (SSSR count). The molecule has 2 aromatic carbocycles. The van der Waals surface area contributed by atoms with Crippen LogP contribution < -0.4 is 15.5 Å². The number of nitrogens with zero attached hydrogens (tertiary/aromatic N) is 2. The van der Waals surface area contributed by atoms with Gasteiger partial charge in [-0.05, 0) is 75.1 Å². The van der Waals surface area contributed by atoms with Crippen molar-refractivity contribution < 1.29 is 4.79 Å². The van der Waals surface area contributed by atoms with Crippen LogP contribution in [0.25, 0.3) is 0 Å². The van der Waals surface area contributed by atoms with Crippen LogP contribution in [0.15, 0.2) is 54.6 Å². The molecule has 2 amide bonds. The highest BCUT2D eigenvalue weighted by molar-refractivity contribution is 5.89. The maximum atomic E-state index is 12.1. The fourth-order valence-electron chi connectivity index (χ4n) is 3.66. The second-order valence-corrected chi connectivity index (χ2v) is 7.80. The van der Waals surface area contributed by atoms with Crippen LogP contribution in [-0.2, 0) is 6.54 Å². The quantitative estimate of drug-likeness (QED) is 0.758. The SMILES string of the molecule is CN1CCC(CCNC(=O)Nc2ccc(N(C)Cc3ccccc3)cc2)CC1. The highest BCUT2D eigenvalue weighted by atomic mass is 16.2. The van der Waals surface area contributed by atoms with Crippen LogP contribution in [0.3, 0.4) is 0 Å². The molecule has 0 atom stereocenters. The first kappa shape index (κ1) is 20.2. The zero-order valence-electron chi connectivity index (χ0n) is 17.0. The van der Waals surface area contributed by atoms with Gasteiger partial charge in [-0.3, -0.25) is 0 Å². The maximum absolute atomic E-state index is 12.1. The Bertz CT molecular complexity index is 724. The molecule has 0 bridgehead atoms. The van der Waals surface area contributed by atoms with E-state index < -0.39 is 0 Å². The molecule has 0 aliphatic carbocycles. The Balaban J connectivity index is 1.40. The van der Waals surface area contributed by atoms with Crippen LogP contribution in [0.2, 0.25) is 0 Å². The fraction of sp³-hybridized carbons (Fsp3) is 0.435. The van der Waals surface area contributed by atoms with E-state index in [1.807, 2.05) is 30.3 Å². The summed E-state index contributed by atoms with van der Waals surface area (Å²) in [6.45, 7) is 3.92. The number of carbonyl (C=O) groups excluding carboxylic acids is 1. The number of piperidine rings is 1. The van der Waals surface area contributed by atoms with Crippen molar-refractivity contribution in [3.63, 3.8) is 0 Å². The van der Waals surface area contributed by atoms with Crippen LogP contribution in [-0.4, -0.2) is 44.7 Å². The summed E-state index contributed by atoms with van der Waals surface area (Å²) in [6.07, 6.45) is 3.53. The lowest BCUT2D eigenvalue weighted by Crippen LogP contribution is -2.34. The Kier molecular flexibility index (Phi) is 7.31. The molecule has 0 aromatic heterocycles. The van der Waals surface area contributed by atoms with E-state index in [1.54, 1.807) is 0 Å². The molecule has 1 aliphatic heterocycles. The first-order valence-electron chi connectivity index (χ1n) is 10.2. The van der Waals surface area contributed by atoms with Gasteiger partial charge >= 0.3 is 6.03 Å². The molecule has 5 heteroatoms. The van der Waals surface area contributed by atoms with E-state index in [9.17, 15) is 4.79 Å². The van der Waals surface area contributed by atoms with Crippen LogP contribution in [0.1, 0.15) is 24.8 Å². The number of carbonyl (C=O) groups is 1. The fourth-order valence-corrected chi connectivity index (χ4v) is 3.66. The summed E-state index contributed by atoms with van der Waals surface area (Å²) in [7, 11) is 4.25. The van der Waals surface area contributed by atoms with Gasteiger partial charge in [-0.15, -0.1) is 0 Å². The second kappa shape index (κ2) is 10.1. The van der Waals surface area contributed by atoms with Crippen molar-refractivity contribution in [3.8, 4) is 0 Å². The Morgan fingerprint density at radius 2 is 1.75 bits per heavy atom. The van der Waals surface area contributed by atoms with E-state index >= 15 is 0 Å². The van der Waals surface area contributed by atoms with Crippen LogP contribution in [0.4, 0.5) is 16.2 Å². The number of benzene rings is 2. The molecule has 2 N–H and O–H groups in total. The van der Waals surface area contributed by atoms with E-state index in [1.165, 1.54) is 31.5 Å². The Labute approximate surface area is 168 Å². The van der Waals surface area contributed by atoms with E-state index in [0.717, 1.165) is 36.8 Å². The number of likely N-dealkylation sites (tertiary alicyclic amines) is 1. The highest BCUT2D eigenvalue weighted by Crippen LogP contribution is 2.20. The van der Waals surface area contributed by atoms with Gasteiger partial charge in [-0.25, -0.2) is 4.79 Å². The third-order valence-electron chi connectivity index (χ3n) is 5.50. The van der Waals surface area contributed by atoms with Crippen molar-refractivity contribution in [2.45, 2.75) is 25.8 Å². The Hall–Kier alpha value is -2.53. The van der Waals surface area contributed by atoms with Gasteiger partial charge < -0.3 is 20.4 Å². The average Bonchev–Trinajstić information content (AvgIpc) is 2.71. The van der Waals surface area contributed by atoms with Gasteiger partial charge in [0, 0.05) is 31.5 Å². The third-order valence-corrected chi connectivity index (χ3v) is 5.50. The van der Waals surface area contributed by atoms with E-state index in [4.69, 9.17) is 0 Å². The van der Waals surface area contributed by atoms with E-state index in [-0.39, 0.29) is 6.03 Å². The molecule has 150 valence electrons. The van der Waals surface area contributed by atoms with Crippen LogP contribution in [0.5, 0.6) is 0 Å². The largest absolute Gasteiger partial charge is 0.370 e.